The first kappa shape index (κ1) is 9.13. The van der Waals surface area contributed by atoms with Crippen LogP contribution in [0.25, 0.3) is 0 Å². The zero-order valence-electron chi connectivity index (χ0n) is 7.49. The molecule has 1 rings (SSSR count). The molecule has 0 aliphatic rings. The largest absolute Gasteiger partial charge is 0.385 e. The molecule has 0 aliphatic heterocycles. The van der Waals surface area contributed by atoms with Crippen molar-refractivity contribution >= 4 is 0 Å². The number of aromatic nitrogens is 2. The zero-order valence-corrected chi connectivity index (χ0v) is 7.49. The minimum absolute atomic E-state index is 0.504. The molecule has 0 saturated carbocycles. The molecule has 0 unspecified atom stereocenters. The predicted molar refractivity (Wildman–Crippen MR) is 46.6 cm³/mol. The molecule has 1 atom stereocenters. The Morgan fingerprint density at radius 2 is 2.00 bits per heavy atom. The van der Waals surface area contributed by atoms with Gasteiger partial charge in [-0.15, -0.1) is 0 Å². The summed E-state index contributed by atoms with van der Waals surface area (Å²) in [7, 11) is 0. The molecule has 1 heterocycles. The van der Waals surface area contributed by atoms with Gasteiger partial charge in [0.25, 0.3) is 0 Å². The number of nitrogens with zero attached hydrogens (tertiary/aromatic N) is 2. The second kappa shape index (κ2) is 4.16. The third-order valence-electron chi connectivity index (χ3n) is 1.66. The van der Waals surface area contributed by atoms with Crippen LogP contribution >= 0.6 is 0 Å². The van der Waals surface area contributed by atoms with E-state index in [1.807, 2.05) is 13.8 Å². The summed E-state index contributed by atoms with van der Waals surface area (Å²) in [6.45, 7) is 3.95. The van der Waals surface area contributed by atoms with Crippen LogP contribution in [0.2, 0.25) is 0 Å². The lowest BCUT2D eigenvalue weighted by molar-refractivity contribution is 0.156. The molecule has 1 aromatic rings. The Kier molecular flexibility index (Phi) is 3.17. The van der Waals surface area contributed by atoms with Crippen molar-refractivity contribution in [3.8, 4) is 0 Å². The van der Waals surface area contributed by atoms with E-state index in [9.17, 15) is 5.11 Å². The molecule has 0 saturated heterocycles. The molecule has 12 heavy (non-hydrogen) atoms. The Labute approximate surface area is 72.5 Å². The highest BCUT2D eigenvalue weighted by molar-refractivity contribution is 5.03. The Hall–Kier alpha value is -0.960. The number of aliphatic hydroxyl groups excluding tert-OH is 1. The van der Waals surface area contributed by atoms with Crippen LogP contribution < -0.4 is 0 Å². The van der Waals surface area contributed by atoms with Crippen molar-refractivity contribution in [1.82, 2.24) is 9.97 Å². The maximum atomic E-state index is 9.49. The van der Waals surface area contributed by atoms with E-state index in [0.717, 1.165) is 18.4 Å². The second-order valence-corrected chi connectivity index (χ2v) is 2.92. The molecule has 1 N–H and O–H groups in total. The van der Waals surface area contributed by atoms with Gasteiger partial charge in [-0.05, 0) is 18.9 Å². The van der Waals surface area contributed by atoms with Gasteiger partial charge in [0.05, 0.1) is 0 Å². The lowest BCUT2D eigenvalue weighted by Crippen LogP contribution is -2.02. The fraction of sp³-hybridized carbons (Fsp3) is 0.556. The molecule has 3 nitrogen and oxygen atoms in total. The van der Waals surface area contributed by atoms with Gasteiger partial charge in [-0.2, -0.15) is 0 Å². The van der Waals surface area contributed by atoms with Crippen molar-refractivity contribution in [2.75, 3.05) is 0 Å². The topological polar surface area (TPSA) is 46.0 Å². The Balaban J connectivity index is 2.68. The Morgan fingerprint density at radius 1 is 1.42 bits per heavy atom. The summed E-state index contributed by atoms with van der Waals surface area (Å²) in [5.41, 5.74) is 1.02. The van der Waals surface area contributed by atoms with E-state index < -0.39 is 6.10 Å². The summed E-state index contributed by atoms with van der Waals surface area (Å²) in [6.07, 6.45) is 4.61. The maximum absolute atomic E-state index is 9.49. The number of hydrogen-bond donors (Lipinski definition) is 1. The number of aliphatic hydroxyl groups is 1. The molecule has 3 heteroatoms. The van der Waals surface area contributed by atoms with Crippen molar-refractivity contribution in [1.29, 1.82) is 0 Å². The van der Waals surface area contributed by atoms with Crippen molar-refractivity contribution in [2.24, 2.45) is 0 Å². The Morgan fingerprint density at radius 3 is 2.50 bits per heavy atom. The SMILES string of the molecule is CCC[C@@H](O)c1ncc(C)cn1. The van der Waals surface area contributed by atoms with Crippen LogP contribution in [0.15, 0.2) is 12.4 Å². The fourth-order valence-electron chi connectivity index (χ4n) is 0.977. The van der Waals surface area contributed by atoms with Gasteiger partial charge in [0.15, 0.2) is 5.82 Å². The van der Waals surface area contributed by atoms with E-state index in [0.29, 0.717) is 5.82 Å². The standard InChI is InChI=1S/C9H14N2O/c1-3-4-8(12)9-10-5-7(2)6-11-9/h5-6,8,12H,3-4H2,1-2H3/t8-/m1/s1. The summed E-state index contributed by atoms with van der Waals surface area (Å²) < 4.78 is 0. The first-order chi connectivity index (χ1) is 5.74. The van der Waals surface area contributed by atoms with Gasteiger partial charge in [-0.25, -0.2) is 9.97 Å². The van der Waals surface area contributed by atoms with Gasteiger partial charge in [0.2, 0.25) is 0 Å². The van der Waals surface area contributed by atoms with Crippen LogP contribution in [0.1, 0.15) is 37.3 Å². The molecule has 0 aliphatic carbocycles. The first-order valence-corrected chi connectivity index (χ1v) is 4.20. The van der Waals surface area contributed by atoms with Crippen molar-refractivity contribution in [3.05, 3.63) is 23.8 Å². The van der Waals surface area contributed by atoms with E-state index in [2.05, 4.69) is 9.97 Å². The summed E-state index contributed by atoms with van der Waals surface area (Å²) in [6, 6.07) is 0. The molecule has 66 valence electrons. The highest BCUT2D eigenvalue weighted by Crippen LogP contribution is 2.12. The van der Waals surface area contributed by atoms with Crippen LogP contribution in [-0.4, -0.2) is 15.1 Å². The lowest BCUT2D eigenvalue weighted by atomic mass is 10.2. The van der Waals surface area contributed by atoms with E-state index in [-0.39, 0.29) is 0 Å². The van der Waals surface area contributed by atoms with Crippen LogP contribution in [-0.2, 0) is 0 Å². The van der Waals surface area contributed by atoms with Crippen LogP contribution in [0, 0.1) is 6.92 Å². The molecular formula is C9H14N2O. The van der Waals surface area contributed by atoms with E-state index >= 15 is 0 Å². The maximum Gasteiger partial charge on any atom is 0.156 e. The molecule has 0 amide bonds. The Bertz CT molecular complexity index is 233. The number of rotatable bonds is 3. The summed E-state index contributed by atoms with van der Waals surface area (Å²) in [4.78, 5) is 8.07. The highest BCUT2D eigenvalue weighted by Gasteiger charge is 2.07. The van der Waals surface area contributed by atoms with E-state index in [1.165, 1.54) is 0 Å². The second-order valence-electron chi connectivity index (χ2n) is 2.92. The van der Waals surface area contributed by atoms with E-state index in [1.54, 1.807) is 12.4 Å². The molecule has 0 bridgehead atoms. The third kappa shape index (κ3) is 2.27. The van der Waals surface area contributed by atoms with Gasteiger partial charge in [0.1, 0.15) is 6.10 Å². The molecule has 0 aromatic carbocycles. The van der Waals surface area contributed by atoms with Crippen molar-refractivity contribution in [2.45, 2.75) is 32.8 Å². The fourth-order valence-corrected chi connectivity index (χ4v) is 0.977. The molecule has 0 fully saturated rings. The van der Waals surface area contributed by atoms with Gasteiger partial charge in [-0.3, -0.25) is 0 Å². The molecule has 0 spiro atoms. The van der Waals surface area contributed by atoms with Gasteiger partial charge in [-0.1, -0.05) is 13.3 Å². The minimum Gasteiger partial charge on any atom is -0.385 e. The lowest BCUT2D eigenvalue weighted by Gasteiger charge is -2.06. The number of aryl methyl sites for hydroxylation is 1. The first-order valence-electron chi connectivity index (χ1n) is 4.20. The third-order valence-corrected chi connectivity index (χ3v) is 1.66. The highest BCUT2D eigenvalue weighted by atomic mass is 16.3. The summed E-state index contributed by atoms with van der Waals surface area (Å²) in [5.74, 6) is 0.530. The normalized spacial score (nSPS) is 12.9. The van der Waals surface area contributed by atoms with Crippen LogP contribution in [0.5, 0.6) is 0 Å². The summed E-state index contributed by atoms with van der Waals surface area (Å²) >= 11 is 0. The summed E-state index contributed by atoms with van der Waals surface area (Å²) in [5, 5.41) is 9.49. The molecule has 0 radical (unpaired) electrons. The van der Waals surface area contributed by atoms with Crippen LogP contribution in [0.4, 0.5) is 0 Å². The number of hydrogen-bond acceptors (Lipinski definition) is 3. The van der Waals surface area contributed by atoms with Gasteiger partial charge < -0.3 is 5.11 Å². The molecular weight excluding hydrogens is 152 g/mol. The quantitative estimate of drug-likeness (QED) is 0.742. The van der Waals surface area contributed by atoms with Crippen molar-refractivity contribution in [3.63, 3.8) is 0 Å². The van der Waals surface area contributed by atoms with Crippen molar-refractivity contribution < 1.29 is 5.11 Å². The average molecular weight is 166 g/mol. The van der Waals surface area contributed by atoms with Gasteiger partial charge in [0, 0.05) is 12.4 Å². The van der Waals surface area contributed by atoms with Gasteiger partial charge >= 0.3 is 0 Å². The average Bonchev–Trinajstić information content (AvgIpc) is 2.06. The minimum atomic E-state index is -0.504. The zero-order chi connectivity index (χ0) is 8.97. The monoisotopic (exact) mass is 166 g/mol. The molecule has 1 aromatic heterocycles. The smallest absolute Gasteiger partial charge is 0.156 e. The van der Waals surface area contributed by atoms with Crippen LogP contribution in [0.3, 0.4) is 0 Å². The van der Waals surface area contributed by atoms with E-state index in [4.69, 9.17) is 0 Å². The predicted octanol–water partition coefficient (Wildman–Crippen LogP) is 1.62.